The Labute approximate surface area is 166 Å². The number of nitrogens with one attached hydrogen (secondary N) is 2. The number of carbonyl (C=O) groups is 3. The van der Waals surface area contributed by atoms with Gasteiger partial charge in [-0.05, 0) is 43.4 Å². The molecular formula is C19H22N2O4S2. The predicted octanol–water partition coefficient (Wildman–Crippen LogP) is 3.96. The lowest BCUT2D eigenvalue weighted by atomic mass is 10.1. The zero-order valence-electron chi connectivity index (χ0n) is 15.7. The molecule has 27 heavy (non-hydrogen) atoms. The highest BCUT2D eigenvalue weighted by atomic mass is 32.2. The van der Waals surface area contributed by atoms with Gasteiger partial charge in [0.1, 0.15) is 9.88 Å². The van der Waals surface area contributed by atoms with Gasteiger partial charge in [0.2, 0.25) is 0 Å². The number of hydrogen-bond donors (Lipinski definition) is 2. The first-order chi connectivity index (χ1) is 12.9. The number of esters is 1. The minimum atomic E-state index is -0.507. The lowest BCUT2D eigenvalue weighted by Gasteiger charge is -2.07. The van der Waals surface area contributed by atoms with E-state index < -0.39 is 5.97 Å². The van der Waals surface area contributed by atoms with Crippen LogP contribution in [-0.4, -0.2) is 37.2 Å². The minimum Gasteiger partial charge on any atom is -0.462 e. The lowest BCUT2D eigenvalue weighted by Crippen LogP contribution is -2.21. The maximum absolute atomic E-state index is 12.7. The molecule has 0 saturated heterocycles. The van der Waals surface area contributed by atoms with Gasteiger partial charge >= 0.3 is 5.97 Å². The smallest absolute Gasteiger partial charge is 0.348 e. The van der Waals surface area contributed by atoms with Crippen molar-refractivity contribution in [2.24, 2.45) is 0 Å². The predicted molar refractivity (Wildman–Crippen MR) is 109 cm³/mol. The fraction of sp³-hybridized carbons (Fsp3) is 0.316. The van der Waals surface area contributed by atoms with Gasteiger partial charge in [-0.2, -0.15) is 0 Å². The van der Waals surface area contributed by atoms with E-state index in [1.54, 1.807) is 37.7 Å². The third-order valence-corrected chi connectivity index (χ3v) is 5.76. The summed E-state index contributed by atoms with van der Waals surface area (Å²) in [4.78, 5) is 38.4. The van der Waals surface area contributed by atoms with Gasteiger partial charge in [-0.1, -0.05) is 13.0 Å². The molecule has 0 spiro atoms. The molecule has 6 nitrogen and oxygen atoms in total. The first kappa shape index (κ1) is 21.0. The monoisotopic (exact) mass is 406 g/mol. The molecule has 0 atom stereocenters. The van der Waals surface area contributed by atoms with Crippen LogP contribution in [0.5, 0.6) is 0 Å². The van der Waals surface area contributed by atoms with E-state index in [-0.39, 0.29) is 24.0 Å². The number of thioether (sulfide) groups is 1. The second-order valence-electron chi connectivity index (χ2n) is 5.47. The molecule has 2 aromatic rings. The molecule has 0 fully saturated rings. The summed E-state index contributed by atoms with van der Waals surface area (Å²) in [6.45, 7) is 5.65. The number of thiophene rings is 1. The van der Waals surface area contributed by atoms with Crippen LogP contribution in [0.25, 0.3) is 0 Å². The van der Waals surface area contributed by atoms with Crippen molar-refractivity contribution < 1.29 is 19.1 Å². The fourth-order valence-electron chi connectivity index (χ4n) is 2.46. The summed E-state index contributed by atoms with van der Waals surface area (Å²) in [7, 11) is 1.50. The van der Waals surface area contributed by atoms with E-state index in [4.69, 9.17) is 4.74 Å². The summed E-state index contributed by atoms with van der Waals surface area (Å²) >= 11 is 2.68. The van der Waals surface area contributed by atoms with Gasteiger partial charge in [-0.3, -0.25) is 9.59 Å². The number of hydrogen-bond acceptors (Lipinski definition) is 6. The minimum absolute atomic E-state index is 0.231. The molecule has 0 unspecified atom stereocenters. The average Bonchev–Trinajstić information content (AvgIpc) is 2.98. The number of benzene rings is 1. The topological polar surface area (TPSA) is 84.5 Å². The quantitative estimate of drug-likeness (QED) is 0.537. The van der Waals surface area contributed by atoms with Crippen molar-refractivity contribution in [1.82, 2.24) is 5.32 Å². The zero-order chi connectivity index (χ0) is 20.0. The van der Waals surface area contributed by atoms with Crippen molar-refractivity contribution in [3.8, 4) is 0 Å². The van der Waals surface area contributed by atoms with Gasteiger partial charge < -0.3 is 15.4 Å². The summed E-state index contributed by atoms with van der Waals surface area (Å²) in [5.74, 6) is -0.314. The van der Waals surface area contributed by atoms with Crippen LogP contribution in [0, 0.1) is 6.92 Å². The van der Waals surface area contributed by atoms with Gasteiger partial charge in [0, 0.05) is 17.5 Å². The van der Waals surface area contributed by atoms with Crippen LogP contribution in [-0.2, 0) is 4.74 Å². The lowest BCUT2D eigenvalue weighted by molar-refractivity contribution is 0.0531. The molecule has 144 valence electrons. The van der Waals surface area contributed by atoms with Crippen LogP contribution < -0.4 is 10.6 Å². The van der Waals surface area contributed by atoms with Crippen molar-refractivity contribution >= 4 is 45.9 Å². The molecule has 0 saturated carbocycles. The standard InChI is InChI=1S/C19H22N2O4S2/c1-5-25-19(24)15-11(3)14(17(23)20-4)18(27-15)21-16(22)12-8-7-9-13(10-12)26-6-2/h7-10H,5-6H2,1-4H3,(H,20,23)(H,21,22). The highest BCUT2D eigenvalue weighted by Gasteiger charge is 2.26. The molecule has 0 aliphatic rings. The summed E-state index contributed by atoms with van der Waals surface area (Å²) in [5.41, 5.74) is 1.25. The van der Waals surface area contributed by atoms with Gasteiger partial charge in [-0.25, -0.2) is 4.79 Å². The van der Waals surface area contributed by atoms with Crippen LogP contribution in [0.1, 0.15) is 49.8 Å². The second-order valence-corrected chi connectivity index (χ2v) is 7.83. The second kappa shape index (κ2) is 9.57. The molecule has 1 aromatic heterocycles. The Kier molecular flexibility index (Phi) is 7.44. The van der Waals surface area contributed by atoms with Crippen LogP contribution in [0.2, 0.25) is 0 Å². The highest BCUT2D eigenvalue weighted by molar-refractivity contribution is 7.99. The fourth-order valence-corrected chi connectivity index (χ4v) is 4.27. The van der Waals surface area contributed by atoms with E-state index in [1.165, 1.54) is 7.05 Å². The van der Waals surface area contributed by atoms with Crippen molar-refractivity contribution in [1.29, 1.82) is 0 Å². The largest absolute Gasteiger partial charge is 0.462 e. The van der Waals surface area contributed by atoms with Gasteiger partial charge in [0.15, 0.2) is 0 Å². The number of anilines is 1. The molecule has 0 bridgehead atoms. The third kappa shape index (κ3) is 4.90. The molecule has 8 heteroatoms. The van der Waals surface area contributed by atoms with Crippen molar-refractivity contribution in [3.05, 3.63) is 45.8 Å². The van der Waals surface area contributed by atoms with Crippen molar-refractivity contribution in [3.63, 3.8) is 0 Å². The van der Waals surface area contributed by atoms with Gasteiger partial charge in [0.25, 0.3) is 11.8 Å². The highest BCUT2D eigenvalue weighted by Crippen LogP contribution is 2.34. The summed E-state index contributed by atoms with van der Waals surface area (Å²) in [6.07, 6.45) is 0. The molecule has 0 radical (unpaired) electrons. The first-order valence-electron chi connectivity index (χ1n) is 8.49. The Morgan fingerprint density at radius 3 is 2.56 bits per heavy atom. The van der Waals surface area contributed by atoms with Crippen LogP contribution in [0.3, 0.4) is 0 Å². The summed E-state index contributed by atoms with van der Waals surface area (Å²) < 4.78 is 5.05. The molecule has 1 aromatic carbocycles. The Balaban J connectivity index is 2.38. The first-order valence-corrected chi connectivity index (χ1v) is 10.3. The number of carbonyl (C=O) groups excluding carboxylic acids is 3. The normalized spacial score (nSPS) is 10.4. The van der Waals surface area contributed by atoms with E-state index in [0.717, 1.165) is 22.0 Å². The van der Waals surface area contributed by atoms with E-state index in [1.807, 2.05) is 19.1 Å². The summed E-state index contributed by atoms with van der Waals surface area (Å²) in [5, 5.41) is 5.65. The molecule has 2 amide bonds. The zero-order valence-corrected chi connectivity index (χ0v) is 17.3. The van der Waals surface area contributed by atoms with Crippen LogP contribution in [0.4, 0.5) is 5.00 Å². The number of rotatable bonds is 7. The molecule has 2 N–H and O–H groups in total. The van der Waals surface area contributed by atoms with Crippen LogP contribution in [0.15, 0.2) is 29.2 Å². The maximum Gasteiger partial charge on any atom is 0.348 e. The van der Waals surface area contributed by atoms with E-state index in [0.29, 0.717) is 21.0 Å². The van der Waals surface area contributed by atoms with E-state index in [2.05, 4.69) is 10.6 Å². The molecule has 0 aliphatic heterocycles. The Bertz CT molecular complexity index is 861. The van der Waals surface area contributed by atoms with Crippen molar-refractivity contribution in [2.75, 3.05) is 24.7 Å². The SMILES string of the molecule is CCOC(=O)c1sc(NC(=O)c2cccc(SCC)c2)c(C(=O)NC)c1C. The maximum atomic E-state index is 12.7. The van der Waals surface area contributed by atoms with Gasteiger partial charge in [-0.15, -0.1) is 23.1 Å². The number of ether oxygens (including phenoxy) is 1. The molecule has 1 heterocycles. The average molecular weight is 407 g/mol. The Morgan fingerprint density at radius 1 is 1.19 bits per heavy atom. The van der Waals surface area contributed by atoms with Gasteiger partial charge in [0.05, 0.1) is 12.2 Å². The summed E-state index contributed by atoms with van der Waals surface area (Å²) in [6, 6.07) is 7.27. The van der Waals surface area contributed by atoms with Crippen LogP contribution >= 0.6 is 23.1 Å². The molecule has 2 rings (SSSR count). The molecular weight excluding hydrogens is 384 g/mol. The molecule has 0 aliphatic carbocycles. The van der Waals surface area contributed by atoms with Crippen molar-refractivity contribution in [2.45, 2.75) is 25.7 Å². The Hall–Kier alpha value is -2.32. The van der Waals surface area contributed by atoms with E-state index >= 15 is 0 Å². The third-order valence-electron chi connectivity index (χ3n) is 3.70. The number of amides is 2. The Morgan fingerprint density at radius 2 is 1.93 bits per heavy atom. The van der Waals surface area contributed by atoms with E-state index in [9.17, 15) is 14.4 Å².